The molecule has 186 valence electrons. The van der Waals surface area contributed by atoms with Crippen LogP contribution in [0.25, 0.3) is 21.0 Å². The molecule has 0 spiro atoms. The highest BCUT2D eigenvalue weighted by Gasteiger charge is 2.26. The molecule has 10 heteroatoms. The van der Waals surface area contributed by atoms with E-state index in [0.717, 1.165) is 40.3 Å². The Kier molecular flexibility index (Phi) is 6.74. The van der Waals surface area contributed by atoms with Gasteiger partial charge in [0.15, 0.2) is 4.80 Å². The average molecular weight is 524 g/mol. The maximum absolute atomic E-state index is 13.1. The van der Waals surface area contributed by atoms with Crippen molar-refractivity contribution in [2.24, 2.45) is 4.99 Å². The highest BCUT2D eigenvalue weighted by Crippen LogP contribution is 2.28. The topological polar surface area (TPSA) is 98.0 Å². The van der Waals surface area contributed by atoms with Gasteiger partial charge in [0.2, 0.25) is 10.0 Å². The SMILES string of the molecule is COC(=O)Cn1c(=NC(=O)c2ccc(S(=O)(=O)N3CCCCC3)cc2)sc2c3ccccc3ccc21. The Bertz CT molecular complexity index is 1630. The number of carbonyl (C=O) groups excluding carboxylic acids is 2. The third-order valence-electron chi connectivity index (χ3n) is 6.34. The first-order valence-electron chi connectivity index (χ1n) is 11.7. The molecule has 0 bridgehead atoms. The largest absolute Gasteiger partial charge is 0.468 e. The van der Waals surface area contributed by atoms with Gasteiger partial charge in [-0.1, -0.05) is 48.1 Å². The summed E-state index contributed by atoms with van der Waals surface area (Å²) in [5, 5.41) is 2.04. The van der Waals surface area contributed by atoms with Crippen molar-refractivity contribution in [1.29, 1.82) is 0 Å². The van der Waals surface area contributed by atoms with E-state index in [1.165, 1.54) is 47.0 Å². The van der Waals surface area contributed by atoms with Crippen LogP contribution in [-0.4, -0.2) is 49.4 Å². The first-order chi connectivity index (χ1) is 17.4. The number of hydrogen-bond donors (Lipinski definition) is 0. The second kappa shape index (κ2) is 9.96. The van der Waals surface area contributed by atoms with E-state index in [2.05, 4.69) is 4.99 Å². The third kappa shape index (κ3) is 4.59. The molecule has 8 nitrogen and oxygen atoms in total. The molecule has 36 heavy (non-hydrogen) atoms. The van der Waals surface area contributed by atoms with Crippen molar-refractivity contribution in [2.75, 3.05) is 20.2 Å². The summed E-state index contributed by atoms with van der Waals surface area (Å²) in [6.07, 6.45) is 2.74. The minimum absolute atomic E-state index is 0.0893. The summed E-state index contributed by atoms with van der Waals surface area (Å²) in [7, 11) is -2.27. The van der Waals surface area contributed by atoms with E-state index >= 15 is 0 Å². The van der Waals surface area contributed by atoms with E-state index in [9.17, 15) is 18.0 Å². The highest BCUT2D eigenvalue weighted by molar-refractivity contribution is 7.89. The van der Waals surface area contributed by atoms with E-state index in [-0.39, 0.29) is 17.0 Å². The number of nitrogens with zero attached hydrogens (tertiary/aromatic N) is 3. The number of methoxy groups -OCH3 is 1. The normalized spacial score (nSPS) is 15.4. The van der Waals surface area contributed by atoms with Crippen LogP contribution in [0, 0.1) is 0 Å². The minimum atomic E-state index is -3.59. The highest BCUT2D eigenvalue weighted by atomic mass is 32.2. The summed E-state index contributed by atoms with van der Waals surface area (Å²) in [4.78, 5) is 30.0. The summed E-state index contributed by atoms with van der Waals surface area (Å²) in [6.45, 7) is 0.937. The van der Waals surface area contributed by atoms with Crippen molar-refractivity contribution in [1.82, 2.24) is 8.87 Å². The van der Waals surface area contributed by atoms with Crippen LogP contribution in [0.1, 0.15) is 29.6 Å². The first-order valence-corrected chi connectivity index (χ1v) is 13.9. The molecule has 1 amide bonds. The minimum Gasteiger partial charge on any atom is -0.468 e. The van der Waals surface area contributed by atoms with E-state index in [0.29, 0.717) is 17.9 Å². The molecule has 2 heterocycles. The summed E-state index contributed by atoms with van der Waals surface area (Å²) in [5.74, 6) is -0.976. The molecule has 0 saturated carbocycles. The number of carbonyl (C=O) groups is 2. The van der Waals surface area contributed by atoms with Crippen LogP contribution in [0.4, 0.5) is 0 Å². The van der Waals surface area contributed by atoms with Gasteiger partial charge >= 0.3 is 5.97 Å². The van der Waals surface area contributed by atoms with Gasteiger partial charge < -0.3 is 9.30 Å². The number of piperidine rings is 1. The standard InChI is InChI=1S/C26H25N3O5S2/c1-34-23(30)17-29-22-14-11-18-7-3-4-8-21(18)24(22)35-26(29)27-25(31)19-9-12-20(13-10-19)36(32,33)28-15-5-2-6-16-28/h3-4,7-14H,2,5-6,15-17H2,1H3. The lowest BCUT2D eigenvalue weighted by Crippen LogP contribution is -2.35. The molecule has 1 fully saturated rings. The molecule has 1 aromatic heterocycles. The maximum Gasteiger partial charge on any atom is 0.325 e. The first kappa shape index (κ1) is 24.4. The van der Waals surface area contributed by atoms with Gasteiger partial charge in [-0.15, -0.1) is 0 Å². The van der Waals surface area contributed by atoms with Crippen LogP contribution < -0.4 is 4.80 Å². The van der Waals surface area contributed by atoms with Crippen molar-refractivity contribution in [3.8, 4) is 0 Å². The maximum atomic E-state index is 13.1. The number of ether oxygens (including phenoxy) is 1. The van der Waals surface area contributed by atoms with Crippen LogP contribution in [0.2, 0.25) is 0 Å². The fourth-order valence-electron chi connectivity index (χ4n) is 4.41. The van der Waals surface area contributed by atoms with E-state index in [4.69, 9.17) is 4.74 Å². The second-order valence-corrected chi connectivity index (χ2v) is 11.5. The number of benzene rings is 3. The van der Waals surface area contributed by atoms with Gasteiger partial charge in [-0.3, -0.25) is 9.59 Å². The van der Waals surface area contributed by atoms with Crippen molar-refractivity contribution in [3.05, 3.63) is 71.0 Å². The van der Waals surface area contributed by atoms with Gasteiger partial charge in [0.05, 0.1) is 22.2 Å². The Morgan fingerprint density at radius 2 is 1.69 bits per heavy atom. The molecular formula is C26H25N3O5S2. The van der Waals surface area contributed by atoms with E-state index < -0.39 is 21.9 Å². The van der Waals surface area contributed by atoms with Gasteiger partial charge in [0, 0.05) is 24.0 Å². The molecule has 0 radical (unpaired) electrons. The number of hydrogen-bond acceptors (Lipinski definition) is 6. The molecule has 1 aliphatic rings. The van der Waals surface area contributed by atoms with E-state index in [1.54, 1.807) is 4.57 Å². The lowest BCUT2D eigenvalue weighted by Gasteiger charge is -2.25. The third-order valence-corrected chi connectivity index (χ3v) is 9.38. The average Bonchev–Trinajstić information content (AvgIpc) is 3.26. The summed E-state index contributed by atoms with van der Waals surface area (Å²) in [5.41, 5.74) is 1.04. The molecule has 1 saturated heterocycles. The Hall–Kier alpha value is -3.34. The van der Waals surface area contributed by atoms with Crippen molar-refractivity contribution in [2.45, 2.75) is 30.7 Å². The fraction of sp³-hybridized carbons (Fsp3) is 0.269. The van der Waals surface area contributed by atoms with Crippen molar-refractivity contribution < 1.29 is 22.7 Å². The number of esters is 1. The number of amides is 1. The predicted octanol–water partition coefficient (Wildman–Crippen LogP) is 3.94. The molecule has 4 aromatic rings. The molecule has 0 aliphatic carbocycles. The summed E-state index contributed by atoms with van der Waals surface area (Å²) in [6, 6.07) is 17.6. The molecule has 5 rings (SSSR count). The van der Waals surface area contributed by atoms with Crippen LogP contribution in [-0.2, 0) is 26.1 Å². The molecule has 1 aliphatic heterocycles. The van der Waals surface area contributed by atoms with Gasteiger partial charge in [0.1, 0.15) is 6.54 Å². The van der Waals surface area contributed by atoms with Crippen LogP contribution >= 0.6 is 11.3 Å². The Balaban J connectivity index is 1.53. The van der Waals surface area contributed by atoms with Gasteiger partial charge in [-0.05, 0) is 48.6 Å². The number of thiazole rings is 1. The molecule has 0 unspecified atom stereocenters. The summed E-state index contributed by atoms with van der Waals surface area (Å²) < 4.78 is 34.8. The molecular weight excluding hydrogens is 498 g/mol. The number of sulfonamides is 1. The second-order valence-electron chi connectivity index (χ2n) is 8.59. The molecule has 3 aromatic carbocycles. The van der Waals surface area contributed by atoms with Crippen LogP contribution in [0.15, 0.2) is 70.6 Å². The lowest BCUT2D eigenvalue weighted by atomic mass is 10.1. The number of rotatable bonds is 5. The Morgan fingerprint density at radius 1 is 0.972 bits per heavy atom. The van der Waals surface area contributed by atoms with Crippen LogP contribution in [0.5, 0.6) is 0 Å². The van der Waals surface area contributed by atoms with Crippen LogP contribution in [0.3, 0.4) is 0 Å². The quantitative estimate of drug-likeness (QED) is 0.369. The zero-order chi connectivity index (χ0) is 25.3. The smallest absolute Gasteiger partial charge is 0.325 e. The van der Waals surface area contributed by atoms with Gasteiger partial charge in [-0.2, -0.15) is 9.30 Å². The molecule has 0 atom stereocenters. The van der Waals surface area contributed by atoms with Crippen molar-refractivity contribution in [3.63, 3.8) is 0 Å². The lowest BCUT2D eigenvalue weighted by molar-refractivity contribution is -0.141. The summed E-state index contributed by atoms with van der Waals surface area (Å²) >= 11 is 1.32. The van der Waals surface area contributed by atoms with Gasteiger partial charge in [0.25, 0.3) is 5.91 Å². The predicted molar refractivity (Wildman–Crippen MR) is 138 cm³/mol. The molecule has 0 N–H and O–H groups in total. The Morgan fingerprint density at radius 3 is 2.42 bits per heavy atom. The monoisotopic (exact) mass is 523 g/mol. The Labute approximate surface area is 212 Å². The van der Waals surface area contributed by atoms with Gasteiger partial charge in [-0.25, -0.2) is 8.42 Å². The van der Waals surface area contributed by atoms with E-state index in [1.807, 2.05) is 36.4 Å². The zero-order valence-electron chi connectivity index (χ0n) is 19.7. The fourth-order valence-corrected chi connectivity index (χ4v) is 7.09. The number of fused-ring (bicyclic) bond motifs is 3. The zero-order valence-corrected chi connectivity index (χ0v) is 21.3. The van der Waals surface area contributed by atoms with Crippen molar-refractivity contribution >= 4 is 54.2 Å². The number of aromatic nitrogens is 1.